The molecule has 0 bridgehead atoms. The van der Waals surface area contributed by atoms with Crippen molar-refractivity contribution in [1.82, 2.24) is 4.90 Å². The van der Waals surface area contributed by atoms with Gasteiger partial charge >= 0.3 is 24.4 Å². The third kappa shape index (κ3) is 7.50. The number of carbonyl (C=O) groups is 2. The quantitative estimate of drug-likeness (QED) is 0.282. The zero-order valence-electron chi connectivity index (χ0n) is 24.9. The number of carbonyl (C=O) groups excluding carboxylic acids is 1. The van der Waals surface area contributed by atoms with Gasteiger partial charge in [0.2, 0.25) is 0 Å². The highest BCUT2D eigenvalue weighted by Crippen LogP contribution is 2.47. The third-order valence-electron chi connectivity index (χ3n) is 8.16. The van der Waals surface area contributed by atoms with Crippen LogP contribution in [-0.2, 0) is 28.3 Å². The van der Waals surface area contributed by atoms with Crippen LogP contribution in [0, 0.1) is 5.41 Å². The Labute approximate surface area is 251 Å². The Morgan fingerprint density at radius 3 is 2.27 bits per heavy atom. The Bertz CT molecular complexity index is 1410. The number of aliphatic carboxylic acids is 1. The molecule has 1 saturated heterocycles. The second kappa shape index (κ2) is 12.4. The van der Waals surface area contributed by atoms with Gasteiger partial charge in [0.05, 0.1) is 23.8 Å². The maximum Gasteiger partial charge on any atom is 0.416 e. The molecule has 6 nitrogen and oxygen atoms in total. The standard InChI is InChI=1S/C32H35F6NO5/c1-5-43-26-8-6-19(7-9-27(40)41)12-25(26)24-10-11-30(3,4)16-21(24)17-39-18(2)28(44-29(39)42)20-13-22(31(33,34)35)15-23(14-20)32(36,37)38/h6,8,12-15,18,28H,5,7,9-11,16-17H2,1-4H3,(H,40,41)/t18-,28-/m0/s1. The van der Waals surface area contributed by atoms with Crippen molar-refractivity contribution in [3.8, 4) is 5.75 Å². The highest BCUT2D eigenvalue weighted by Gasteiger charge is 2.44. The summed E-state index contributed by atoms with van der Waals surface area (Å²) in [6, 6.07) is 5.84. The molecule has 1 fully saturated rings. The van der Waals surface area contributed by atoms with E-state index < -0.39 is 53.3 Å². The number of alkyl halides is 6. The van der Waals surface area contributed by atoms with Gasteiger partial charge in [0.25, 0.3) is 0 Å². The molecule has 0 saturated carbocycles. The summed E-state index contributed by atoms with van der Waals surface area (Å²) in [5.41, 5.74) is -0.164. The lowest BCUT2D eigenvalue weighted by atomic mass is 9.72. The highest BCUT2D eigenvalue weighted by atomic mass is 19.4. The summed E-state index contributed by atoms with van der Waals surface area (Å²) in [5.74, 6) is -0.337. The second-order valence-corrected chi connectivity index (χ2v) is 12.1. The molecular formula is C32H35F6NO5. The van der Waals surface area contributed by atoms with Crippen LogP contribution in [0.4, 0.5) is 31.1 Å². The number of hydrogen-bond acceptors (Lipinski definition) is 4. The molecule has 1 amide bonds. The molecule has 1 heterocycles. The molecular weight excluding hydrogens is 592 g/mol. The number of benzene rings is 2. The Kier molecular flexibility index (Phi) is 9.32. The van der Waals surface area contributed by atoms with Crippen LogP contribution >= 0.6 is 0 Å². The van der Waals surface area contributed by atoms with E-state index in [0.717, 1.165) is 28.7 Å². The van der Waals surface area contributed by atoms with E-state index in [4.69, 9.17) is 14.6 Å². The zero-order chi connectivity index (χ0) is 32.6. The fourth-order valence-corrected chi connectivity index (χ4v) is 5.90. The number of nitrogens with zero attached hydrogens (tertiary/aromatic N) is 1. The summed E-state index contributed by atoms with van der Waals surface area (Å²) in [5, 5.41) is 9.16. The second-order valence-electron chi connectivity index (χ2n) is 12.1. The van der Waals surface area contributed by atoms with Crippen LogP contribution in [0.25, 0.3) is 5.57 Å². The van der Waals surface area contributed by atoms with Crippen molar-refractivity contribution in [3.63, 3.8) is 0 Å². The molecule has 4 rings (SSSR count). The molecule has 1 aliphatic carbocycles. The lowest BCUT2D eigenvalue weighted by Crippen LogP contribution is -2.35. The van der Waals surface area contributed by atoms with Crippen molar-refractivity contribution >= 4 is 17.6 Å². The fraction of sp³-hybridized carbons (Fsp3) is 0.500. The first-order chi connectivity index (χ1) is 20.4. The molecule has 0 aromatic heterocycles. The van der Waals surface area contributed by atoms with Crippen molar-refractivity contribution in [2.24, 2.45) is 5.41 Å². The van der Waals surface area contributed by atoms with E-state index in [2.05, 4.69) is 13.8 Å². The van der Waals surface area contributed by atoms with Crippen molar-refractivity contribution < 1.29 is 50.5 Å². The number of halogens is 6. The number of aryl methyl sites for hydroxylation is 1. The van der Waals surface area contributed by atoms with E-state index >= 15 is 0 Å². The minimum Gasteiger partial charge on any atom is -0.493 e. The van der Waals surface area contributed by atoms with Gasteiger partial charge in [-0.2, -0.15) is 26.3 Å². The maximum atomic E-state index is 13.5. The predicted octanol–water partition coefficient (Wildman–Crippen LogP) is 8.69. The van der Waals surface area contributed by atoms with Gasteiger partial charge in [-0.1, -0.05) is 19.9 Å². The summed E-state index contributed by atoms with van der Waals surface area (Å²) in [6.45, 7) is 7.95. The van der Waals surface area contributed by atoms with Gasteiger partial charge in [-0.05, 0) is 97.6 Å². The number of rotatable bonds is 9. The van der Waals surface area contributed by atoms with Crippen LogP contribution in [0.3, 0.4) is 0 Å². The van der Waals surface area contributed by atoms with Gasteiger partial charge in [-0.15, -0.1) is 0 Å². The molecule has 240 valence electrons. The first-order valence-electron chi connectivity index (χ1n) is 14.3. The van der Waals surface area contributed by atoms with Crippen molar-refractivity contribution in [2.45, 2.75) is 84.3 Å². The number of allylic oxidation sites excluding steroid dienone is 1. The summed E-state index contributed by atoms with van der Waals surface area (Å²) in [7, 11) is 0. The van der Waals surface area contributed by atoms with Crippen LogP contribution in [0.15, 0.2) is 42.0 Å². The molecule has 0 radical (unpaired) electrons. The molecule has 0 spiro atoms. The van der Waals surface area contributed by atoms with Crippen LogP contribution in [-0.4, -0.2) is 41.3 Å². The smallest absolute Gasteiger partial charge is 0.416 e. The SMILES string of the molecule is CCOc1ccc(CCC(=O)O)cc1C1=C(CN2C(=O)O[C@H](c3cc(C(F)(F)F)cc(C(F)(F)F)c3)[C@@H]2C)CC(C)(C)CC1. The van der Waals surface area contributed by atoms with Crippen LogP contribution in [0.5, 0.6) is 5.75 Å². The van der Waals surface area contributed by atoms with Crippen molar-refractivity contribution in [2.75, 3.05) is 13.2 Å². The van der Waals surface area contributed by atoms with Gasteiger partial charge in [0.15, 0.2) is 0 Å². The lowest BCUT2D eigenvalue weighted by molar-refractivity contribution is -0.143. The van der Waals surface area contributed by atoms with E-state index in [1.165, 1.54) is 11.8 Å². The topological polar surface area (TPSA) is 76.1 Å². The minimum absolute atomic E-state index is 0.0461. The lowest BCUT2D eigenvalue weighted by Gasteiger charge is -2.36. The number of ether oxygens (including phenoxy) is 2. The first-order valence-corrected chi connectivity index (χ1v) is 14.3. The van der Waals surface area contributed by atoms with Gasteiger partial charge in [-0.3, -0.25) is 9.69 Å². The van der Waals surface area contributed by atoms with Crippen molar-refractivity contribution in [3.05, 3.63) is 69.8 Å². The normalized spacial score (nSPS) is 20.6. The highest BCUT2D eigenvalue weighted by molar-refractivity contribution is 5.77. The van der Waals surface area contributed by atoms with Gasteiger partial charge < -0.3 is 14.6 Å². The molecule has 12 heteroatoms. The Balaban J connectivity index is 1.74. The Hall–Kier alpha value is -3.70. The summed E-state index contributed by atoms with van der Waals surface area (Å²) in [6.07, 6.45) is -10.0. The molecule has 2 aromatic rings. The van der Waals surface area contributed by atoms with E-state index in [-0.39, 0.29) is 24.4 Å². The number of hydrogen-bond donors (Lipinski definition) is 1. The molecule has 2 atom stereocenters. The average Bonchev–Trinajstić information content (AvgIpc) is 3.19. The zero-order valence-corrected chi connectivity index (χ0v) is 24.9. The molecule has 1 N–H and O–H groups in total. The summed E-state index contributed by atoms with van der Waals surface area (Å²) in [4.78, 5) is 25.7. The Morgan fingerprint density at radius 2 is 1.70 bits per heavy atom. The number of carboxylic acid groups (broad SMARTS) is 1. The van der Waals surface area contributed by atoms with Gasteiger partial charge in [0.1, 0.15) is 11.9 Å². The van der Waals surface area contributed by atoms with Crippen LogP contribution in [0.1, 0.15) is 87.3 Å². The Morgan fingerprint density at radius 1 is 1.07 bits per heavy atom. The number of carboxylic acids is 1. The van der Waals surface area contributed by atoms with Gasteiger partial charge in [-0.25, -0.2) is 4.79 Å². The number of amides is 1. The molecule has 2 aromatic carbocycles. The van der Waals surface area contributed by atoms with E-state index in [0.29, 0.717) is 43.8 Å². The maximum absolute atomic E-state index is 13.5. The number of cyclic esters (lactones) is 1. The fourth-order valence-electron chi connectivity index (χ4n) is 5.90. The van der Waals surface area contributed by atoms with Crippen molar-refractivity contribution in [1.29, 1.82) is 0 Å². The molecule has 0 unspecified atom stereocenters. The first kappa shape index (κ1) is 33.2. The average molecular weight is 628 g/mol. The van der Waals surface area contributed by atoms with Gasteiger partial charge in [0, 0.05) is 18.5 Å². The van der Waals surface area contributed by atoms with Crippen LogP contribution < -0.4 is 4.74 Å². The third-order valence-corrected chi connectivity index (χ3v) is 8.16. The van der Waals surface area contributed by atoms with E-state index in [1.807, 2.05) is 13.0 Å². The van der Waals surface area contributed by atoms with Crippen LogP contribution in [0.2, 0.25) is 0 Å². The van der Waals surface area contributed by atoms with E-state index in [9.17, 15) is 35.9 Å². The minimum atomic E-state index is -5.04. The van der Waals surface area contributed by atoms with E-state index in [1.54, 1.807) is 12.1 Å². The summed E-state index contributed by atoms with van der Waals surface area (Å²) >= 11 is 0. The summed E-state index contributed by atoms with van der Waals surface area (Å²) < 4.78 is 92.5. The molecule has 2 aliphatic rings. The molecule has 44 heavy (non-hydrogen) atoms. The predicted molar refractivity (Wildman–Crippen MR) is 150 cm³/mol. The largest absolute Gasteiger partial charge is 0.493 e. The monoisotopic (exact) mass is 627 g/mol. The molecule has 1 aliphatic heterocycles.